The van der Waals surface area contributed by atoms with E-state index in [1.54, 1.807) is 6.07 Å². The van der Waals surface area contributed by atoms with Gasteiger partial charge in [0.1, 0.15) is 0 Å². The van der Waals surface area contributed by atoms with Crippen molar-refractivity contribution < 1.29 is 14.6 Å². The molecule has 5 heteroatoms. The highest BCUT2D eigenvalue weighted by Gasteiger charge is 2.04. The van der Waals surface area contributed by atoms with E-state index in [1.807, 2.05) is 25.1 Å². The van der Waals surface area contributed by atoms with Crippen LogP contribution in [0.15, 0.2) is 24.3 Å². The largest absolute Gasteiger partial charge is 0.389 e. The number of rotatable bonds is 10. The molecule has 1 unspecified atom stereocenters. The highest BCUT2D eigenvalue weighted by atomic mass is 16.5. The number of hydrogen-bond donors (Lipinski definition) is 2. The molecule has 1 rings (SSSR count). The number of nitriles is 1. The summed E-state index contributed by atoms with van der Waals surface area (Å²) in [6.45, 7) is 5.01. The second-order valence-corrected chi connectivity index (χ2v) is 4.37. The molecule has 0 radical (unpaired) electrons. The third kappa shape index (κ3) is 7.22. The minimum Gasteiger partial charge on any atom is -0.389 e. The summed E-state index contributed by atoms with van der Waals surface area (Å²) in [7, 11) is 0. The molecule has 110 valence electrons. The molecule has 0 fully saturated rings. The second-order valence-electron chi connectivity index (χ2n) is 4.37. The third-order valence-corrected chi connectivity index (χ3v) is 2.65. The monoisotopic (exact) mass is 278 g/mol. The van der Waals surface area contributed by atoms with Gasteiger partial charge in [0.05, 0.1) is 37.6 Å². The van der Waals surface area contributed by atoms with Crippen LogP contribution in [0.25, 0.3) is 0 Å². The fraction of sp³-hybridized carbons (Fsp3) is 0.533. The molecule has 2 N–H and O–H groups in total. The minimum absolute atomic E-state index is 0.290. The molecule has 0 spiro atoms. The van der Waals surface area contributed by atoms with Crippen LogP contribution in [0.1, 0.15) is 18.1 Å². The number of hydrogen-bond acceptors (Lipinski definition) is 5. The zero-order valence-corrected chi connectivity index (χ0v) is 11.8. The predicted octanol–water partition coefficient (Wildman–Crippen LogP) is 1.06. The summed E-state index contributed by atoms with van der Waals surface area (Å²) in [6.07, 6.45) is -0.546. The zero-order valence-electron chi connectivity index (χ0n) is 11.8. The minimum atomic E-state index is -0.546. The van der Waals surface area contributed by atoms with Gasteiger partial charge in [-0.05, 0) is 24.6 Å². The first kappa shape index (κ1) is 16.6. The zero-order chi connectivity index (χ0) is 14.6. The van der Waals surface area contributed by atoms with Crippen LogP contribution < -0.4 is 5.32 Å². The van der Waals surface area contributed by atoms with E-state index < -0.39 is 6.10 Å². The van der Waals surface area contributed by atoms with Crippen LogP contribution in [-0.4, -0.2) is 44.2 Å². The van der Waals surface area contributed by atoms with Crippen LogP contribution in [0.5, 0.6) is 0 Å². The Bertz CT molecular complexity index is 418. The number of nitrogens with one attached hydrogen (secondary N) is 1. The van der Waals surface area contributed by atoms with E-state index in [9.17, 15) is 5.11 Å². The van der Waals surface area contributed by atoms with E-state index >= 15 is 0 Å². The number of benzene rings is 1. The Morgan fingerprint density at radius 3 is 2.90 bits per heavy atom. The lowest BCUT2D eigenvalue weighted by molar-refractivity contribution is 0.00643. The Labute approximate surface area is 120 Å². The maximum absolute atomic E-state index is 9.70. The van der Waals surface area contributed by atoms with Crippen molar-refractivity contribution in [2.45, 2.75) is 19.6 Å². The van der Waals surface area contributed by atoms with Crippen molar-refractivity contribution in [2.24, 2.45) is 0 Å². The van der Waals surface area contributed by atoms with Crippen LogP contribution >= 0.6 is 0 Å². The molecule has 0 heterocycles. The van der Waals surface area contributed by atoms with E-state index in [0.29, 0.717) is 38.5 Å². The van der Waals surface area contributed by atoms with Gasteiger partial charge in [-0.1, -0.05) is 12.1 Å². The van der Waals surface area contributed by atoms with Gasteiger partial charge in [-0.2, -0.15) is 5.26 Å². The summed E-state index contributed by atoms with van der Waals surface area (Å²) in [6, 6.07) is 9.50. The molecule has 0 saturated carbocycles. The Morgan fingerprint density at radius 2 is 2.15 bits per heavy atom. The van der Waals surface area contributed by atoms with Crippen molar-refractivity contribution in [3.63, 3.8) is 0 Å². The van der Waals surface area contributed by atoms with Crippen LogP contribution in [0, 0.1) is 11.3 Å². The first-order chi connectivity index (χ1) is 9.76. The maximum Gasteiger partial charge on any atom is 0.0991 e. The van der Waals surface area contributed by atoms with Crippen LogP contribution in [0.3, 0.4) is 0 Å². The van der Waals surface area contributed by atoms with Crippen molar-refractivity contribution in [2.75, 3.05) is 33.0 Å². The van der Waals surface area contributed by atoms with Gasteiger partial charge in [0.25, 0.3) is 0 Å². The number of aliphatic hydroxyl groups excluding tert-OH is 1. The first-order valence-electron chi connectivity index (χ1n) is 6.79. The van der Waals surface area contributed by atoms with Crippen molar-refractivity contribution in [1.29, 1.82) is 5.26 Å². The van der Waals surface area contributed by atoms with Crippen LogP contribution in [0.4, 0.5) is 0 Å². The van der Waals surface area contributed by atoms with Gasteiger partial charge < -0.3 is 19.9 Å². The van der Waals surface area contributed by atoms with Crippen LogP contribution in [-0.2, 0) is 16.0 Å². The molecular formula is C15H22N2O3. The molecule has 0 aliphatic heterocycles. The van der Waals surface area contributed by atoms with Gasteiger partial charge >= 0.3 is 0 Å². The molecule has 0 aliphatic rings. The average Bonchev–Trinajstić information content (AvgIpc) is 2.47. The molecule has 1 aromatic carbocycles. The fourth-order valence-corrected chi connectivity index (χ4v) is 1.67. The topological polar surface area (TPSA) is 74.5 Å². The summed E-state index contributed by atoms with van der Waals surface area (Å²) >= 11 is 0. The van der Waals surface area contributed by atoms with E-state index in [4.69, 9.17) is 14.7 Å². The highest BCUT2D eigenvalue weighted by Crippen LogP contribution is 2.03. The van der Waals surface area contributed by atoms with E-state index in [2.05, 4.69) is 11.4 Å². The summed E-state index contributed by atoms with van der Waals surface area (Å²) in [5.41, 5.74) is 1.66. The molecule has 5 nitrogen and oxygen atoms in total. The Morgan fingerprint density at radius 1 is 1.35 bits per heavy atom. The van der Waals surface area contributed by atoms with Gasteiger partial charge in [0.15, 0.2) is 0 Å². The van der Waals surface area contributed by atoms with Gasteiger partial charge in [-0.3, -0.25) is 0 Å². The van der Waals surface area contributed by atoms with E-state index in [-0.39, 0.29) is 6.61 Å². The van der Waals surface area contributed by atoms with Gasteiger partial charge in [0.2, 0.25) is 0 Å². The van der Waals surface area contributed by atoms with Crippen molar-refractivity contribution >= 4 is 0 Å². The molecule has 0 bridgehead atoms. The SMILES string of the molecule is CCOCCOCC(O)CNCc1cccc(C#N)c1. The lowest BCUT2D eigenvalue weighted by Gasteiger charge is -2.12. The molecule has 1 atom stereocenters. The Balaban J connectivity index is 2.12. The second kappa shape index (κ2) is 10.4. The standard InChI is InChI=1S/C15H22N2O3/c1-2-19-6-7-20-12-15(18)11-17-10-14-5-3-4-13(8-14)9-16/h3-5,8,15,17-18H,2,6-7,10-12H2,1H3. The molecular weight excluding hydrogens is 256 g/mol. The van der Waals surface area contributed by atoms with E-state index in [0.717, 1.165) is 5.56 Å². The van der Waals surface area contributed by atoms with Crippen molar-refractivity contribution in [3.8, 4) is 6.07 Å². The maximum atomic E-state index is 9.70. The molecule has 0 saturated heterocycles. The summed E-state index contributed by atoms with van der Waals surface area (Å²) in [4.78, 5) is 0. The smallest absolute Gasteiger partial charge is 0.0991 e. The molecule has 0 amide bonds. The summed E-state index contributed by atoms with van der Waals surface area (Å²) in [5, 5.41) is 21.6. The van der Waals surface area contributed by atoms with E-state index in [1.165, 1.54) is 0 Å². The normalized spacial score (nSPS) is 12.1. The molecule has 1 aromatic rings. The van der Waals surface area contributed by atoms with Crippen molar-refractivity contribution in [3.05, 3.63) is 35.4 Å². The first-order valence-corrected chi connectivity index (χ1v) is 6.79. The van der Waals surface area contributed by atoms with Crippen molar-refractivity contribution in [1.82, 2.24) is 5.32 Å². The summed E-state index contributed by atoms with van der Waals surface area (Å²) in [5.74, 6) is 0. The average molecular weight is 278 g/mol. The fourth-order valence-electron chi connectivity index (χ4n) is 1.67. The number of aliphatic hydroxyl groups is 1. The number of ether oxygens (including phenoxy) is 2. The summed E-state index contributed by atoms with van der Waals surface area (Å²) < 4.78 is 10.4. The van der Waals surface area contributed by atoms with Gasteiger partial charge in [-0.25, -0.2) is 0 Å². The highest BCUT2D eigenvalue weighted by molar-refractivity contribution is 5.32. The lowest BCUT2D eigenvalue weighted by Crippen LogP contribution is -2.30. The molecule has 0 aromatic heterocycles. The quantitative estimate of drug-likeness (QED) is 0.626. The Hall–Kier alpha value is -1.45. The van der Waals surface area contributed by atoms with Gasteiger partial charge in [-0.15, -0.1) is 0 Å². The lowest BCUT2D eigenvalue weighted by atomic mass is 10.1. The third-order valence-electron chi connectivity index (χ3n) is 2.65. The van der Waals surface area contributed by atoms with Crippen LogP contribution in [0.2, 0.25) is 0 Å². The predicted molar refractivity (Wildman–Crippen MR) is 76.2 cm³/mol. The number of nitrogens with zero attached hydrogens (tertiary/aromatic N) is 1. The molecule has 20 heavy (non-hydrogen) atoms. The molecule has 0 aliphatic carbocycles. The van der Waals surface area contributed by atoms with Gasteiger partial charge in [0, 0.05) is 19.7 Å². The Kier molecular flexibility index (Phi) is 8.59.